The van der Waals surface area contributed by atoms with Gasteiger partial charge in [0, 0.05) is 11.4 Å². The number of fused-ring (bicyclic) bond motifs is 3. The molecule has 1 aliphatic rings. The Kier molecular flexibility index (Phi) is 5.06. The highest BCUT2D eigenvalue weighted by Crippen LogP contribution is 2.34. The van der Waals surface area contributed by atoms with Gasteiger partial charge < -0.3 is 10.3 Å². The summed E-state index contributed by atoms with van der Waals surface area (Å²) in [5.74, 6) is 1.23. The molecule has 2 N–H and O–H groups in total. The highest BCUT2D eigenvalue weighted by Gasteiger charge is 2.21. The number of hydrogen-bond acceptors (Lipinski definition) is 5. The van der Waals surface area contributed by atoms with Crippen LogP contribution in [0.5, 0.6) is 0 Å². The van der Waals surface area contributed by atoms with Gasteiger partial charge in [-0.2, -0.15) is 0 Å². The van der Waals surface area contributed by atoms with E-state index in [-0.39, 0.29) is 16.7 Å². The van der Waals surface area contributed by atoms with Crippen LogP contribution >= 0.6 is 23.1 Å². The van der Waals surface area contributed by atoms with Crippen LogP contribution in [-0.2, 0) is 23.4 Å². The van der Waals surface area contributed by atoms with E-state index in [1.807, 2.05) is 13.8 Å². The van der Waals surface area contributed by atoms with E-state index in [0.717, 1.165) is 35.9 Å². The molecule has 0 aliphatic heterocycles. The Morgan fingerprint density at radius 3 is 3.09 bits per heavy atom. The van der Waals surface area contributed by atoms with Crippen molar-refractivity contribution < 1.29 is 4.79 Å². The van der Waals surface area contributed by atoms with Gasteiger partial charge in [-0.15, -0.1) is 23.1 Å². The molecule has 0 bridgehead atoms. The Labute approximate surface area is 143 Å². The summed E-state index contributed by atoms with van der Waals surface area (Å²) in [4.78, 5) is 33.9. The Hall–Kier alpha value is -1.34. The lowest BCUT2D eigenvalue weighted by atomic mass is 10.2. The summed E-state index contributed by atoms with van der Waals surface area (Å²) in [5.41, 5.74) is 1.17. The van der Waals surface area contributed by atoms with E-state index in [2.05, 4.69) is 15.3 Å². The van der Waals surface area contributed by atoms with Crippen molar-refractivity contribution in [3.63, 3.8) is 0 Å². The van der Waals surface area contributed by atoms with Crippen LogP contribution in [0.4, 0.5) is 0 Å². The van der Waals surface area contributed by atoms with Gasteiger partial charge in [-0.3, -0.25) is 9.59 Å². The maximum atomic E-state index is 12.4. The second kappa shape index (κ2) is 7.05. The fourth-order valence-corrected chi connectivity index (χ4v) is 4.85. The number of carbonyl (C=O) groups is 1. The first-order valence-corrected chi connectivity index (χ1v) is 9.89. The largest absolute Gasteiger partial charge is 0.355 e. The third-order valence-electron chi connectivity index (χ3n) is 4.01. The zero-order chi connectivity index (χ0) is 16.4. The minimum atomic E-state index is -0.157. The molecule has 5 nitrogen and oxygen atoms in total. The minimum absolute atomic E-state index is 0.0342. The Bertz CT molecular complexity index is 781. The molecule has 0 aromatic carbocycles. The number of amides is 1. The van der Waals surface area contributed by atoms with Gasteiger partial charge in [0.05, 0.1) is 16.4 Å². The van der Waals surface area contributed by atoms with Crippen molar-refractivity contribution in [2.45, 2.75) is 50.5 Å². The van der Waals surface area contributed by atoms with E-state index in [4.69, 9.17) is 0 Å². The lowest BCUT2D eigenvalue weighted by molar-refractivity contribution is -0.120. The Morgan fingerprint density at radius 1 is 1.48 bits per heavy atom. The molecule has 0 unspecified atom stereocenters. The third kappa shape index (κ3) is 3.45. The lowest BCUT2D eigenvalue weighted by Gasteiger charge is -2.11. The van der Waals surface area contributed by atoms with Crippen molar-refractivity contribution >= 4 is 39.2 Å². The molecule has 0 radical (unpaired) electrons. The topological polar surface area (TPSA) is 74.8 Å². The van der Waals surface area contributed by atoms with E-state index in [0.29, 0.717) is 18.1 Å². The number of carbonyl (C=O) groups excluding carboxylic acids is 1. The Morgan fingerprint density at radius 2 is 2.30 bits per heavy atom. The number of thioether (sulfide) groups is 1. The smallest absolute Gasteiger partial charge is 0.259 e. The highest BCUT2D eigenvalue weighted by atomic mass is 32.2. The average molecular weight is 351 g/mol. The second-order valence-electron chi connectivity index (χ2n) is 5.79. The number of aromatic nitrogens is 2. The number of aromatic amines is 1. The molecule has 23 heavy (non-hydrogen) atoms. The average Bonchev–Trinajstić information content (AvgIpc) is 3.10. The molecule has 0 fully saturated rings. The first kappa shape index (κ1) is 16.5. The Balaban J connectivity index is 1.72. The van der Waals surface area contributed by atoms with Crippen molar-refractivity contribution in [3.8, 4) is 0 Å². The van der Waals surface area contributed by atoms with Crippen LogP contribution in [0.15, 0.2) is 4.79 Å². The molecule has 2 aromatic heterocycles. The summed E-state index contributed by atoms with van der Waals surface area (Å²) in [6.45, 7) is 4.61. The van der Waals surface area contributed by atoms with Crippen LogP contribution in [0, 0.1) is 0 Å². The van der Waals surface area contributed by atoms with Crippen LogP contribution in [-0.4, -0.2) is 27.7 Å². The molecule has 0 saturated carbocycles. The van der Waals surface area contributed by atoms with Crippen molar-refractivity contribution in [1.82, 2.24) is 15.3 Å². The molecule has 7 heteroatoms. The van der Waals surface area contributed by atoms with Crippen molar-refractivity contribution in [3.05, 3.63) is 26.6 Å². The molecule has 2 heterocycles. The molecule has 1 aliphatic carbocycles. The first-order chi connectivity index (χ1) is 11.1. The monoisotopic (exact) mass is 351 g/mol. The number of aryl methyl sites for hydroxylation is 2. The molecule has 3 rings (SSSR count). The third-order valence-corrected chi connectivity index (χ3v) is 6.35. The summed E-state index contributed by atoms with van der Waals surface area (Å²) < 4.78 is 0. The predicted molar refractivity (Wildman–Crippen MR) is 96.3 cm³/mol. The summed E-state index contributed by atoms with van der Waals surface area (Å²) in [6.07, 6.45) is 4.12. The molecular weight excluding hydrogens is 330 g/mol. The van der Waals surface area contributed by atoms with Gasteiger partial charge in [0.2, 0.25) is 5.91 Å². The maximum absolute atomic E-state index is 12.4. The van der Waals surface area contributed by atoms with Crippen LogP contribution in [0.1, 0.15) is 43.0 Å². The summed E-state index contributed by atoms with van der Waals surface area (Å²) in [5, 5.41) is 3.51. The standard InChI is InChI=1S/C16H21N3O2S2/c1-3-7-17-14(20)9(2)22-8-12-18-15(21)13-10-5-4-6-11(10)23-16(13)19-12/h9H,3-8H2,1-2H3,(H,17,20)(H,18,19,21)/t9-/m1/s1. The summed E-state index contributed by atoms with van der Waals surface area (Å²) in [7, 11) is 0. The van der Waals surface area contributed by atoms with Gasteiger partial charge in [0.15, 0.2) is 0 Å². The van der Waals surface area contributed by atoms with Gasteiger partial charge in [-0.1, -0.05) is 6.92 Å². The lowest BCUT2D eigenvalue weighted by Crippen LogP contribution is -2.31. The maximum Gasteiger partial charge on any atom is 0.259 e. The molecule has 1 amide bonds. The van der Waals surface area contributed by atoms with Gasteiger partial charge in [0.25, 0.3) is 5.56 Å². The van der Waals surface area contributed by atoms with E-state index < -0.39 is 0 Å². The van der Waals surface area contributed by atoms with Crippen molar-refractivity contribution in [1.29, 1.82) is 0 Å². The van der Waals surface area contributed by atoms with Crippen molar-refractivity contribution in [2.75, 3.05) is 6.54 Å². The minimum Gasteiger partial charge on any atom is -0.355 e. The number of nitrogens with one attached hydrogen (secondary N) is 2. The van der Waals surface area contributed by atoms with E-state index in [1.165, 1.54) is 22.2 Å². The summed E-state index contributed by atoms with van der Waals surface area (Å²) in [6, 6.07) is 0. The van der Waals surface area contributed by atoms with Gasteiger partial charge in [-0.25, -0.2) is 4.98 Å². The van der Waals surface area contributed by atoms with E-state index >= 15 is 0 Å². The fraction of sp³-hybridized carbons (Fsp3) is 0.562. The molecule has 124 valence electrons. The normalized spacial score (nSPS) is 14.9. The van der Waals surface area contributed by atoms with Gasteiger partial charge >= 0.3 is 0 Å². The predicted octanol–water partition coefficient (Wildman–Crippen LogP) is 2.62. The van der Waals surface area contributed by atoms with Crippen LogP contribution in [0.25, 0.3) is 10.2 Å². The van der Waals surface area contributed by atoms with Crippen molar-refractivity contribution in [2.24, 2.45) is 0 Å². The van der Waals surface area contributed by atoms with Gasteiger partial charge in [0.1, 0.15) is 10.7 Å². The quantitative estimate of drug-likeness (QED) is 0.839. The van der Waals surface area contributed by atoms with Crippen LogP contribution in [0.3, 0.4) is 0 Å². The molecular formula is C16H21N3O2S2. The highest BCUT2D eigenvalue weighted by molar-refractivity contribution is 7.99. The zero-order valence-electron chi connectivity index (χ0n) is 13.4. The van der Waals surface area contributed by atoms with Crippen LogP contribution < -0.4 is 10.9 Å². The number of H-pyrrole nitrogens is 1. The number of nitrogens with zero attached hydrogens (tertiary/aromatic N) is 1. The molecule has 0 saturated heterocycles. The SMILES string of the molecule is CCCNC(=O)[C@@H](C)SCc1nc2sc3c(c2c(=O)[nH]1)CCC3. The number of rotatable bonds is 6. The molecule has 1 atom stereocenters. The number of thiophene rings is 1. The zero-order valence-corrected chi connectivity index (χ0v) is 15.0. The molecule has 0 spiro atoms. The number of hydrogen-bond donors (Lipinski definition) is 2. The molecule has 2 aromatic rings. The van der Waals surface area contributed by atoms with Crippen LogP contribution in [0.2, 0.25) is 0 Å². The van der Waals surface area contributed by atoms with Gasteiger partial charge in [-0.05, 0) is 38.2 Å². The summed E-state index contributed by atoms with van der Waals surface area (Å²) >= 11 is 3.14. The van der Waals surface area contributed by atoms with E-state index in [9.17, 15) is 9.59 Å². The first-order valence-electron chi connectivity index (χ1n) is 8.03. The second-order valence-corrected chi connectivity index (χ2v) is 8.21. The van der Waals surface area contributed by atoms with E-state index in [1.54, 1.807) is 11.3 Å². The fourth-order valence-electron chi connectivity index (χ4n) is 2.79.